The highest BCUT2D eigenvalue weighted by Gasteiger charge is 1.99. The van der Waals surface area contributed by atoms with Crippen LogP contribution in [0, 0.1) is 17.8 Å². The molecule has 0 aliphatic carbocycles. The molecule has 0 fully saturated rings. The Bertz CT molecular complexity index is 131. The molecule has 78 valence electrons. The second kappa shape index (κ2) is 7.17. The molecule has 0 nitrogen and oxygen atoms in total. The van der Waals surface area contributed by atoms with Crippen LogP contribution in [0.4, 0.5) is 0 Å². The SMILES string of the molecule is CC(C)/C=C\[C@@H](C)CCCC(C)C. The fourth-order valence-corrected chi connectivity index (χ4v) is 1.36. The number of hydrogen-bond donors (Lipinski definition) is 0. The summed E-state index contributed by atoms with van der Waals surface area (Å²) in [6, 6.07) is 0. The molecule has 0 heteroatoms. The first kappa shape index (κ1) is 12.7. The van der Waals surface area contributed by atoms with Crippen LogP contribution in [0.2, 0.25) is 0 Å². The maximum Gasteiger partial charge on any atom is -0.0262 e. The summed E-state index contributed by atoms with van der Waals surface area (Å²) in [5.41, 5.74) is 0. The molecule has 0 aromatic carbocycles. The van der Waals surface area contributed by atoms with Gasteiger partial charge in [0.1, 0.15) is 0 Å². The van der Waals surface area contributed by atoms with E-state index in [0.717, 1.165) is 11.8 Å². The normalized spacial score (nSPS) is 14.7. The zero-order chi connectivity index (χ0) is 10.3. The molecule has 0 N–H and O–H groups in total. The summed E-state index contributed by atoms with van der Waals surface area (Å²) in [5, 5.41) is 0. The van der Waals surface area contributed by atoms with Crippen LogP contribution >= 0.6 is 0 Å². The molecular formula is C13H26. The van der Waals surface area contributed by atoms with Gasteiger partial charge >= 0.3 is 0 Å². The average molecular weight is 182 g/mol. The van der Waals surface area contributed by atoms with Gasteiger partial charge in [0.2, 0.25) is 0 Å². The Hall–Kier alpha value is -0.260. The van der Waals surface area contributed by atoms with E-state index in [1.165, 1.54) is 19.3 Å². The molecule has 0 aliphatic rings. The minimum Gasteiger partial charge on any atom is -0.0857 e. The lowest BCUT2D eigenvalue weighted by Crippen LogP contribution is -1.93. The quantitative estimate of drug-likeness (QED) is 0.524. The van der Waals surface area contributed by atoms with Gasteiger partial charge in [0, 0.05) is 0 Å². The number of hydrogen-bond acceptors (Lipinski definition) is 0. The summed E-state index contributed by atoms with van der Waals surface area (Å²) < 4.78 is 0. The highest BCUT2D eigenvalue weighted by atomic mass is 14.0. The van der Waals surface area contributed by atoms with Crippen LogP contribution in [-0.4, -0.2) is 0 Å². The van der Waals surface area contributed by atoms with Crippen molar-refractivity contribution >= 4 is 0 Å². The Morgan fingerprint density at radius 2 is 1.46 bits per heavy atom. The molecule has 1 atom stereocenters. The van der Waals surface area contributed by atoms with Crippen molar-refractivity contribution in [3.63, 3.8) is 0 Å². The molecule has 0 aromatic heterocycles. The molecule has 0 saturated heterocycles. The Kier molecular flexibility index (Phi) is 7.03. The van der Waals surface area contributed by atoms with Gasteiger partial charge in [-0.05, 0) is 24.2 Å². The van der Waals surface area contributed by atoms with E-state index in [4.69, 9.17) is 0 Å². The number of rotatable bonds is 6. The Morgan fingerprint density at radius 3 is 1.92 bits per heavy atom. The van der Waals surface area contributed by atoms with Crippen molar-refractivity contribution in [2.45, 2.75) is 53.9 Å². The van der Waals surface area contributed by atoms with Gasteiger partial charge < -0.3 is 0 Å². The van der Waals surface area contributed by atoms with E-state index in [0.29, 0.717) is 5.92 Å². The van der Waals surface area contributed by atoms with Crippen molar-refractivity contribution in [3.05, 3.63) is 12.2 Å². The first-order valence-corrected chi connectivity index (χ1v) is 5.70. The highest BCUT2D eigenvalue weighted by molar-refractivity contribution is 4.88. The summed E-state index contributed by atoms with van der Waals surface area (Å²) in [4.78, 5) is 0. The van der Waals surface area contributed by atoms with Crippen LogP contribution in [0.15, 0.2) is 12.2 Å². The summed E-state index contributed by atoms with van der Waals surface area (Å²) in [6.45, 7) is 11.4. The topological polar surface area (TPSA) is 0 Å². The zero-order valence-electron chi connectivity index (χ0n) is 10.0. The van der Waals surface area contributed by atoms with Crippen LogP contribution in [-0.2, 0) is 0 Å². The van der Waals surface area contributed by atoms with E-state index >= 15 is 0 Å². The van der Waals surface area contributed by atoms with E-state index in [-0.39, 0.29) is 0 Å². The van der Waals surface area contributed by atoms with Gasteiger partial charge in [-0.15, -0.1) is 0 Å². The van der Waals surface area contributed by atoms with Crippen molar-refractivity contribution in [2.24, 2.45) is 17.8 Å². The molecule has 0 saturated carbocycles. The second-order valence-electron chi connectivity index (χ2n) is 4.93. The molecule has 0 aromatic rings. The van der Waals surface area contributed by atoms with E-state index in [2.05, 4.69) is 46.8 Å². The lowest BCUT2D eigenvalue weighted by Gasteiger charge is -2.08. The van der Waals surface area contributed by atoms with Gasteiger partial charge in [-0.3, -0.25) is 0 Å². The zero-order valence-corrected chi connectivity index (χ0v) is 10.0. The standard InChI is InChI=1S/C13H26/c1-11(2)7-6-8-13(5)10-9-12(3)4/h9-13H,6-8H2,1-5H3/b10-9-/t13-/m0/s1. The first-order chi connectivity index (χ1) is 6.02. The Labute approximate surface area is 84.4 Å². The van der Waals surface area contributed by atoms with Gasteiger partial charge in [0.15, 0.2) is 0 Å². The molecule has 0 rings (SSSR count). The smallest absolute Gasteiger partial charge is 0.0262 e. The van der Waals surface area contributed by atoms with E-state index in [1.807, 2.05) is 0 Å². The molecule has 0 amide bonds. The van der Waals surface area contributed by atoms with E-state index in [9.17, 15) is 0 Å². The summed E-state index contributed by atoms with van der Waals surface area (Å²) in [5.74, 6) is 2.33. The van der Waals surface area contributed by atoms with Crippen molar-refractivity contribution in [1.82, 2.24) is 0 Å². The van der Waals surface area contributed by atoms with E-state index in [1.54, 1.807) is 0 Å². The third-order valence-corrected chi connectivity index (χ3v) is 2.27. The second-order valence-corrected chi connectivity index (χ2v) is 4.93. The fourth-order valence-electron chi connectivity index (χ4n) is 1.36. The fraction of sp³-hybridized carbons (Fsp3) is 0.846. The van der Waals surface area contributed by atoms with Gasteiger partial charge in [-0.2, -0.15) is 0 Å². The molecule has 0 spiro atoms. The summed E-state index contributed by atoms with van der Waals surface area (Å²) in [6.07, 6.45) is 8.79. The number of allylic oxidation sites excluding steroid dienone is 2. The Morgan fingerprint density at radius 1 is 0.846 bits per heavy atom. The average Bonchev–Trinajstić information content (AvgIpc) is 2.00. The largest absolute Gasteiger partial charge is 0.0857 e. The van der Waals surface area contributed by atoms with E-state index < -0.39 is 0 Å². The first-order valence-electron chi connectivity index (χ1n) is 5.70. The van der Waals surface area contributed by atoms with Gasteiger partial charge in [-0.1, -0.05) is 59.6 Å². The molecule has 0 radical (unpaired) electrons. The molecule has 0 bridgehead atoms. The summed E-state index contributed by atoms with van der Waals surface area (Å²) >= 11 is 0. The van der Waals surface area contributed by atoms with Crippen molar-refractivity contribution in [3.8, 4) is 0 Å². The monoisotopic (exact) mass is 182 g/mol. The van der Waals surface area contributed by atoms with Crippen LogP contribution in [0.3, 0.4) is 0 Å². The van der Waals surface area contributed by atoms with Crippen molar-refractivity contribution in [1.29, 1.82) is 0 Å². The van der Waals surface area contributed by atoms with Gasteiger partial charge in [-0.25, -0.2) is 0 Å². The van der Waals surface area contributed by atoms with Gasteiger partial charge in [0.25, 0.3) is 0 Å². The highest BCUT2D eigenvalue weighted by Crippen LogP contribution is 2.13. The third-order valence-electron chi connectivity index (χ3n) is 2.27. The van der Waals surface area contributed by atoms with Crippen LogP contribution < -0.4 is 0 Å². The van der Waals surface area contributed by atoms with Crippen molar-refractivity contribution in [2.75, 3.05) is 0 Å². The predicted octanol–water partition coefficient (Wildman–Crippen LogP) is 4.66. The Balaban J connectivity index is 3.45. The lowest BCUT2D eigenvalue weighted by atomic mass is 9.98. The minimum atomic E-state index is 0.701. The van der Waals surface area contributed by atoms with Gasteiger partial charge in [0.05, 0.1) is 0 Å². The summed E-state index contributed by atoms with van der Waals surface area (Å²) in [7, 11) is 0. The van der Waals surface area contributed by atoms with Crippen LogP contribution in [0.1, 0.15) is 53.9 Å². The third kappa shape index (κ3) is 9.66. The molecule has 0 unspecified atom stereocenters. The lowest BCUT2D eigenvalue weighted by molar-refractivity contribution is 0.500. The van der Waals surface area contributed by atoms with Crippen molar-refractivity contribution < 1.29 is 0 Å². The van der Waals surface area contributed by atoms with Crippen LogP contribution in [0.25, 0.3) is 0 Å². The van der Waals surface area contributed by atoms with Crippen LogP contribution in [0.5, 0.6) is 0 Å². The maximum absolute atomic E-state index is 2.37. The molecule has 0 aliphatic heterocycles. The maximum atomic E-state index is 2.37. The molecule has 0 heterocycles. The molecule has 13 heavy (non-hydrogen) atoms. The minimum absolute atomic E-state index is 0.701. The predicted molar refractivity (Wildman–Crippen MR) is 61.8 cm³/mol. The molecular weight excluding hydrogens is 156 g/mol.